The minimum absolute atomic E-state index is 0.0589. The Balaban J connectivity index is 1.44. The number of benzene rings is 1. The first-order chi connectivity index (χ1) is 11.5. The Morgan fingerprint density at radius 1 is 1.12 bits per heavy atom. The number of nitrogens with one attached hydrogen (secondary N) is 2. The number of alkyl halides is 3. The highest BCUT2D eigenvalue weighted by Gasteiger charge is 2.41. The number of hydrogen-bond acceptors (Lipinski definition) is 5. The lowest BCUT2D eigenvalue weighted by Gasteiger charge is -2.23. The number of hydrogen-bond donors (Lipinski definition) is 2. The summed E-state index contributed by atoms with van der Waals surface area (Å²) in [5, 5.41) is 6.36. The van der Waals surface area contributed by atoms with Gasteiger partial charge in [0.15, 0.2) is 5.69 Å². The highest BCUT2D eigenvalue weighted by atomic mass is 19.4. The van der Waals surface area contributed by atoms with Crippen LogP contribution in [-0.4, -0.2) is 28.7 Å². The van der Waals surface area contributed by atoms with Crippen molar-refractivity contribution in [1.29, 1.82) is 0 Å². The minimum Gasteiger partial charge on any atom is -0.367 e. The molecule has 0 amide bonds. The second-order valence-electron chi connectivity index (χ2n) is 5.96. The number of nitrogens with zero attached hydrogens (tertiary/aromatic N) is 2. The van der Waals surface area contributed by atoms with Gasteiger partial charge in [-0.15, -0.1) is 0 Å². The van der Waals surface area contributed by atoms with Crippen LogP contribution in [-0.2, 0) is 10.9 Å². The highest BCUT2D eigenvalue weighted by molar-refractivity contribution is 5.55. The number of fused-ring (bicyclic) bond motifs is 2. The fourth-order valence-corrected chi connectivity index (χ4v) is 3.12. The molecule has 24 heavy (non-hydrogen) atoms. The summed E-state index contributed by atoms with van der Waals surface area (Å²) in [4.78, 5) is 7.12. The van der Waals surface area contributed by atoms with Crippen molar-refractivity contribution in [2.45, 2.75) is 30.8 Å². The van der Waals surface area contributed by atoms with E-state index < -0.39 is 11.9 Å². The van der Waals surface area contributed by atoms with E-state index in [1.165, 1.54) is 0 Å². The lowest BCUT2D eigenvalue weighted by Crippen LogP contribution is -2.33. The molecule has 2 aliphatic rings. The molecule has 0 saturated carbocycles. The van der Waals surface area contributed by atoms with Crippen LogP contribution in [0.4, 0.5) is 24.7 Å². The summed E-state index contributed by atoms with van der Waals surface area (Å²) in [7, 11) is 0. The Morgan fingerprint density at radius 2 is 1.92 bits per heavy atom. The van der Waals surface area contributed by atoms with E-state index in [0.717, 1.165) is 30.4 Å². The lowest BCUT2D eigenvalue weighted by atomic mass is 10.0. The molecule has 2 fully saturated rings. The van der Waals surface area contributed by atoms with Crippen molar-refractivity contribution in [2.24, 2.45) is 0 Å². The van der Waals surface area contributed by atoms with Gasteiger partial charge in [-0.2, -0.15) is 13.2 Å². The molecule has 0 aliphatic carbocycles. The van der Waals surface area contributed by atoms with E-state index in [4.69, 9.17) is 4.74 Å². The Bertz CT molecular complexity index is 718. The predicted molar refractivity (Wildman–Crippen MR) is 80.8 cm³/mol. The van der Waals surface area contributed by atoms with Gasteiger partial charge in [-0.25, -0.2) is 9.97 Å². The third kappa shape index (κ3) is 2.94. The van der Waals surface area contributed by atoms with Gasteiger partial charge in [-0.3, -0.25) is 0 Å². The molecule has 3 heterocycles. The van der Waals surface area contributed by atoms with Crippen LogP contribution in [0.3, 0.4) is 0 Å². The van der Waals surface area contributed by atoms with Crippen LogP contribution in [0.25, 0.3) is 0 Å². The highest BCUT2D eigenvalue weighted by Crippen LogP contribution is 2.37. The number of aromatic nitrogens is 2. The monoisotopic (exact) mass is 336 g/mol. The molecule has 0 spiro atoms. The molecule has 126 valence electrons. The maximum absolute atomic E-state index is 12.5. The van der Waals surface area contributed by atoms with Crippen molar-refractivity contribution in [2.75, 3.05) is 11.9 Å². The summed E-state index contributed by atoms with van der Waals surface area (Å²) in [6.07, 6.45) is -1.32. The topological polar surface area (TPSA) is 59.1 Å². The Kier molecular flexibility index (Phi) is 3.65. The summed E-state index contributed by atoms with van der Waals surface area (Å²) in [6.45, 7) is 0.910. The molecule has 5 nitrogen and oxygen atoms in total. The van der Waals surface area contributed by atoms with Crippen LogP contribution in [0.5, 0.6) is 0 Å². The molecule has 2 aliphatic heterocycles. The fourth-order valence-electron chi connectivity index (χ4n) is 3.12. The molecular weight excluding hydrogens is 321 g/mol. The lowest BCUT2D eigenvalue weighted by molar-refractivity contribution is -0.141. The molecule has 2 saturated heterocycles. The predicted octanol–water partition coefficient (Wildman–Crippen LogP) is 3.04. The number of rotatable bonds is 3. The van der Waals surface area contributed by atoms with Crippen molar-refractivity contribution < 1.29 is 17.9 Å². The summed E-state index contributed by atoms with van der Waals surface area (Å²) < 4.78 is 43.3. The Labute approximate surface area is 136 Å². The normalized spacial score (nSPS) is 25.9. The second-order valence-corrected chi connectivity index (χ2v) is 5.96. The molecule has 4 rings (SSSR count). The number of ether oxygens (including phenoxy) is 1. The van der Waals surface area contributed by atoms with Crippen LogP contribution in [0.2, 0.25) is 0 Å². The largest absolute Gasteiger partial charge is 0.434 e. The van der Waals surface area contributed by atoms with E-state index in [1.807, 2.05) is 24.3 Å². The smallest absolute Gasteiger partial charge is 0.367 e. The molecule has 1 aromatic heterocycles. The molecule has 8 heteroatoms. The third-order valence-electron chi connectivity index (χ3n) is 4.28. The van der Waals surface area contributed by atoms with E-state index >= 15 is 0 Å². The maximum Gasteiger partial charge on any atom is 0.434 e. The fraction of sp³-hybridized carbons (Fsp3) is 0.375. The first-order valence-electron chi connectivity index (χ1n) is 7.64. The van der Waals surface area contributed by atoms with Gasteiger partial charge in [0.2, 0.25) is 0 Å². The Hall–Kier alpha value is -2.19. The maximum atomic E-state index is 12.5. The van der Waals surface area contributed by atoms with Gasteiger partial charge >= 0.3 is 6.18 Å². The SMILES string of the molecule is FC(F)(F)c1cnc(Nc2ccc(C3OC4CNC3C4)cc2)cn1. The first-order valence-corrected chi connectivity index (χ1v) is 7.64. The molecular formula is C16H15F3N4O. The quantitative estimate of drug-likeness (QED) is 0.902. The number of halogens is 3. The molecule has 2 aromatic rings. The first kappa shape index (κ1) is 15.3. The summed E-state index contributed by atoms with van der Waals surface area (Å²) in [5.74, 6) is 0.258. The molecule has 2 bridgehead atoms. The van der Waals surface area contributed by atoms with E-state index in [-0.39, 0.29) is 11.9 Å². The van der Waals surface area contributed by atoms with Crippen LogP contribution in [0, 0.1) is 0 Å². The van der Waals surface area contributed by atoms with Crippen molar-refractivity contribution in [3.8, 4) is 0 Å². The second kappa shape index (κ2) is 5.71. The van der Waals surface area contributed by atoms with Gasteiger partial charge in [0.05, 0.1) is 24.6 Å². The van der Waals surface area contributed by atoms with Gasteiger partial charge in [0.1, 0.15) is 5.82 Å². The summed E-state index contributed by atoms with van der Waals surface area (Å²) in [5.41, 5.74) is 0.798. The zero-order chi connectivity index (χ0) is 16.7. The van der Waals surface area contributed by atoms with E-state index in [9.17, 15) is 13.2 Å². The zero-order valence-electron chi connectivity index (χ0n) is 12.5. The summed E-state index contributed by atoms with van der Waals surface area (Å²) in [6, 6.07) is 7.96. The van der Waals surface area contributed by atoms with Crippen molar-refractivity contribution in [3.05, 3.63) is 47.9 Å². The average Bonchev–Trinajstić information content (AvgIpc) is 3.18. The van der Waals surface area contributed by atoms with Gasteiger partial charge in [-0.1, -0.05) is 12.1 Å². The van der Waals surface area contributed by atoms with Crippen LogP contribution >= 0.6 is 0 Å². The van der Waals surface area contributed by atoms with Gasteiger partial charge in [-0.05, 0) is 24.1 Å². The molecule has 3 atom stereocenters. The third-order valence-corrected chi connectivity index (χ3v) is 4.28. The molecule has 0 radical (unpaired) electrons. The van der Waals surface area contributed by atoms with Gasteiger partial charge in [0.25, 0.3) is 0 Å². The van der Waals surface area contributed by atoms with Crippen LogP contribution in [0.15, 0.2) is 36.7 Å². The van der Waals surface area contributed by atoms with E-state index in [2.05, 4.69) is 20.6 Å². The van der Waals surface area contributed by atoms with E-state index in [0.29, 0.717) is 18.3 Å². The van der Waals surface area contributed by atoms with Gasteiger partial charge < -0.3 is 15.4 Å². The zero-order valence-corrected chi connectivity index (χ0v) is 12.5. The molecule has 2 N–H and O–H groups in total. The van der Waals surface area contributed by atoms with Crippen LogP contribution < -0.4 is 10.6 Å². The van der Waals surface area contributed by atoms with Crippen molar-refractivity contribution in [1.82, 2.24) is 15.3 Å². The number of anilines is 2. The standard InChI is InChI=1S/C16H15F3N4O/c17-16(18,19)13-7-22-14(8-21-13)23-10-3-1-9(2-4-10)15-12-5-11(24-15)6-20-12/h1-4,7-8,11-12,15,20H,5-6H2,(H,22,23). The van der Waals surface area contributed by atoms with Crippen molar-refractivity contribution in [3.63, 3.8) is 0 Å². The molecule has 1 aromatic carbocycles. The van der Waals surface area contributed by atoms with Crippen molar-refractivity contribution >= 4 is 11.5 Å². The van der Waals surface area contributed by atoms with Crippen LogP contribution in [0.1, 0.15) is 23.8 Å². The minimum atomic E-state index is -4.48. The average molecular weight is 336 g/mol. The molecule has 3 unspecified atom stereocenters. The van der Waals surface area contributed by atoms with E-state index in [1.54, 1.807) is 0 Å². The summed E-state index contributed by atoms with van der Waals surface area (Å²) >= 11 is 0. The van der Waals surface area contributed by atoms with Gasteiger partial charge in [0, 0.05) is 18.3 Å². The Morgan fingerprint density at radius 3 is 2.46 bits per heavy atom. The number of morpholine rings is 1.